The summed E-state index contributed by atoms with van der Waals surface area (Å²) in [5.41, 5.74) is 0.967. The Morgan fingerprint density at radius 1 is 1.15 bits per heavy atom. The minimum atomic E-state index is -0.406. The average Bonchev–Trinajstić information content (AvgIpc) is 3.13. The van der Waals surface area contributed by atoms with Crippen molar-refractivity contribution in [3.05, 3.63) is 54.0 Å². The number of rotatable bonds is 4. The number of ether oxygens (including phenoxy) is 2. The van der Waals surface area contributed by atoms with Crippen LogP contribution in [0, 0.1) is 5.82 Å². The highest BCUT2D eigenvalue weighted by Crippen LogP contribution is 2.32. The number of carbonyl (C=O) groups excluding carboxylic acids is 1. The molecule has 0 atom stereocenters. The van der Waals surface area contributed by atoms with Crippen LogP contribution in [0.15, 0.2) is 42.6 Å². The molecule has 4 rings (SSSR count). The van der Waals surface area contributed by atoms with Crippen LogP contribution >= 0.6 is 0 Å². The van der Waals surface area contributed by atoms with Crippen LogP contribution < -0.4 is 10.2 Å². The Kier molecular flexibility index (Phi) is 5.05. The summed E-state index contributed by atoms with van der Waals surface area (Å²) in [4.78, 5) is 18.8. The van der Waals surface area contributed by atoms with Crippen LogP contribution in [0.4, 0.5) is 15.9 Å². The average molecular weight is 371 g/mol. The Labute approximate surface area is 157 Å². The largest absolute Gasteiger partial charge is 0.356 e. The number of benzene rings is 1. The van der Waals surface area contributed by atoms with Gasteiger partial charge in [0, 0.05) is 25.9 Å². The van der Waals surface area contributed by atoms with Gasteiger partial charge in [-0.25, -0.2) is 9.37 Å². The van der Waals surface area contributed by atoms with Crippen molar-refractivity contribution in [2.24, 2.45) is 0 Å². The van der Waals surface area contributed by atoms with Crippen LogP contribution in [0.5, 0.6) is 0 Å². The lowest BCUT2D eigenvalue weighted by molar-refractivity contribution is -0.169. The van der Waals surface area contributed by atoms with Gasteiger partial charge in [-0.2, -0.15) is 0 Å². The van der Waals surface area contributed by atoms with Crippen LogP contribution in [0.25, 0.3) is 0 Å². The quantitative estimate of drug-likeness (QED) is 0.895. The second-order valence-electron chi connectivity index (χ2n) is 6.82. The van der Waals surface area contributed by atoms with Crippen molar-refractivity contribution in [3.8, 4) is 0 Å². The molecule has 2 aromatic rings. The summed E-state index contributed by atoms with van der Waals surface area (Å²) in [7, 11) is 0. The number of aromatic nitrogens is 1. The van der Waals surface area contributed by atoms with Gasteiger partial charge in [0.05, 0.1) is 31.5 Å². The fourth-order valence-electron chi connectivity index (χ4n) is 3.53. The first-order chi connectivity index (χ1) is 13.1. The fraction of sp³-hybridized carbons (Fsp3) is 0.400. The third kappa shape index (κ3) is 4.09. The molecule has 142 valence electrons. The molecule has 2 aliphatic heterocycles. The van der Waals surface area contributed by atoms with Gasteiger partial charge in [0.25, 0.3) is 0 Å². The lowest BCUT2D eigenvalue weighted by Gasteiger charge is -2.38. The first kappa shape index (κ1) is 17.9. The van der Waals surface area contributed by atoms with Crippen LogP contribution in [0.2, 0.25) is 0 Å². The molecule has 0 bridgehead atoms. The molecule has 2 aliphatic rings. The summed E-state index contributed by atoms with van der Waals surface area (Å²) in [5, 5.41) is 2.76. The Balaban J connectivity index is 1.32. The Morgan fingerprint density at radius 3 is 2.56 bits per heavy atom. The molecule has 0 unspecified atom stereocenters. The molecule has 7 heteroatoms. The van der Waals surface area contributed by atoms with Gasteiger partial charge >= 0.3 is 0 Å². The van der Waals surface area contributed by atoms with Gasteiger partial charge in [-0.15, -0.1) is 0 Å². The molecule has 0 radical (unpaired) electrons. The summed E-state index contributed by atoms with van der Waals surface area (Å²) in [6.45, 7) is 2.96. The monoisotopic (exact) mass is 371 g/mol. The van der Waals surface area contributed by atoms with Crippen molar-refractivity contribution in [2.45, 2.75) is 25.0 Å². The van der Waals surface area contributed by atoms with Gasteiger partial charge in [-0.3, -0.25) is 4.79 Å². The van der Waals surface area contributed by atoms with E-state index < -0.39 is 5.79 Å². The Bertz CT molecular complexity index is 796. The molecule has 1 amide bonds. The summed E-state index contributed by atoms with van der Waals surface area (Å²) >= 11 is 0. The van der Waals surface area contributed by atoms with E-state index >= 15 is 0 Å². The molecule has 1 spiro atoms. The maximum absolute atomic E-state index is 13.6. The van der Waals surface area contributed by atoms with Gasteiger partial charge < -0.3 is 19.7 Å². The van der Waals surface area contributed by atoms with Crippen LogP contribution in [-0.2, 0) is 20.7 Å². The Hall–Kier alpha value is -2.51. The molecular weight excluding hydrogens is 349 g/mol. The number of halogens is 1. The summed E-state index contributed by atoms with van der Waals surface area (Å²) in [6.07, 6.45) is 3.25. The SMILES string of the molecule is O=C(Cc1ccccc1F)Nc1ccc(N2CCC3(CC2)OCCO3)nc1. The Morgan fingerprint density at radius 2 is 1.89 bits per heavy atom. The minimum absolute atomic E-state index is 0.0113. The molecule has 1 aromatic heterocycles. The molecule has 0 aliphatic carbocycles. The minimum Gasteiger partial charge on any atom is -0.356 e. The van der Waals surface area contributed by atoms with Gasteiger partial charge in [-0.05, 0) is 23.8 Å². The van der Waals surface area contributed by atoms with Gasteiger partial charge in [-0.1, -0.05) is 18.2 Å². The molecule has 27 heavy (non-hydrogen) atoms. The number of hydrogen-bond acceptors (Lipinski definition) is 5. The van der Waals surface area contributed by atoms with Crippen molar-refractivity contribution in [2.75, 3.05) is 36.5 Å². The molecule has 3 heterocycles. The molecule has 0 saturated carbocycles. The van der Waals surface area contributed by atoms with E-state index in [-0.39, 0.29) is 18.1 Å². The van der Waals surface area contributed by atoms with E-state index in [4.69, 9.17) is 9.47 Å². The van der Waals surface area contributed by atoms with E-state index in [1.807, 2.05) is 12.1 Å². The van der Waals surface area contributed by atoms with E-state index in [0.29, 0.717) is 24.5 Å². The zero-order valence-corrected chi connectivity index (χ0v) is 15.0. The van der Waals surface area contributed by atoms with E-state index in [1.165, 1.54) is 6.07 Å². The van der Waals surface area contributed by atoms with E-state index in [9.17, 15) is 9.18 Å². The van der Waals surface area contributed by atoms with Crippen molar-refractivity contribution in [1.29, 1.82) is 0 Å². The van der Waals surface area contributed by atoms with Gasteiger partial charge in [0.1, 0.15) is 11.6 Å². The lowest BCUT2D eigenvalue weighted by Crippen LogP contribution is -2.45. The van der Waals surface area contributed by atoms with Crippen LogP contribution in [0.1, 0.15) is 18.4 Å². The first-order valence-corrected chi connectivity index (χ1v) is 9.16. The van der Waals surface area contributed by atoms with E-state index in [0.717, 1.165) is 31.7 Å². The predicted molar refractivity (Wildman–Crippen MR) is 99.1 cm³/mol. The molecule has 1 N–H and O–H groups in total. The zero-order valence-electron chi connectivity index (χ0n) is 15.0. The maximum Gasteiger partial charge on any atom is 0.228 e. The topological polar surface area (TPSA) is 63.7 Å². The van der Waals surface area contributed by atoms with Crippen LogP contribution in [0.3, 0.4) is 0 Å². The number of pyridine rings is 1. The second-order valence-corrected chi connectivity index (χ2v) is 6.82. The summed E-state index contributed by atoms with van der Waals surface area (Å²) in [6, 6.07) is 9.97. The van der Waals surface area contributed by atoms with Gasteiger partial charge in [0.15, 0.2) is 5.79 Å². The third-order valence-electron chi connectivity index (χ3n) is 5.00. The maximum atomic E-state index is 13.6. The first-order valence-electron chi connectivity index (χ1n) is 9.16. The number of hydrogen-bond donors (Lipinski definition) is 1. The fourth-order valence-corrected chi connectivity index (χ4v) is 3.53. The molecule has 1 aromatic carbocycles. The summed E-state index contributed by atoms with van der Waals surface area (Å²) in [5.74, 6) is -0.198. The lowest BCUT2D eigenvalue weighted by atomic mass is 10.0. The predicted octanol–water partition coefficient (Wildman–Crippen LogP) is 2.75. The van der Waals surface area contributed by atoms with Crippen molar-refractivity contribution in [1.82, 2.24) is 4.98 Å². The number of nitrogens with one attached hydrogen (secondary N) is 1. The zero-order chi connectivity index (χ0) is 18.7. The normalized spacial score (nSPS) is 18.6. The molecule has 2 saturated heterocycles. The van der Waals surface area contributed by atoms with Crippen molar-refractivity contribution >= 4 is 17.4 Å². The number of nitrogens with zero attached hydrogens (tertiary/aromatic N) is 2. The van der Waals surface area contributed by atoms with Crippen molar-refractivity contribution < 1.29 is 18.7 Å². The van der Waals surface area contributed by atoms with E-state index in [2.05, 4.69) is 15.2 Å². The van der Waals surface area contributed by atoms with Crippen molar-refractivity contribution in [3.63, 3.8) is 0 Å². The number of anilines is 2. The number of piperidine rings is 1. The highest BCUT2D eigenvalue weighted by Gasteiger charge is 2.39. The standard InChI is InChI=1S/C20H22FN3O3/c21-17-4-2-1-3-15(17)13-19(25)23-16-5-6-18(22-14-16)24-9-7-20(8-10-24)26-11-12-27-20/h1-6,14H,7-13H2,(H,23,25). The van der Waals surface area contributed by atoms with Crippen LogP contribution in [-0.4, -0.2) is 43.0 Å². The third-order valence-corrected chi connectivity index (χ3v) is 5.00. The highest BCUT2D eigenvalue weighted by atomic mass is 19.1. The molecular formula is C20H22FN3O3. The second kappa shape index (κ2) is 7.62. The van der Waals surface area contributed by atoms with E-state index in [1.54, 1.807) is 24.4 Å². The number of carbonyl (C=O) groups is 1. The number of amides is 1. The molecule has 2 fully saturated rings. The highest BCUT2D eigenvalue weighted by molar-refractivity contribution is 5.92. The smallest absolute Gasteiger partial charge is 0.228 e. The summed E-state index contributed by atoms with van der Waals surface area (Å²) < 4.78 is 25.1. The molecule has 6 nitrogen and oxygen atoms in total. The van der Waals surface area contributed by atoms with Gasteiger partial charge in [0.2, 0.25) is 5.91 Å².